The highest BCUT2D eigenvalue weighted by atomic mass is 16.4. The van der Waals surface area contributed by atoms with Crippen LogP contribution in [0.15, 0.2) is 12.4 Å². The average molecular weight is 198 g/mol. The molecular weight excluding hydrogens is 184 g/mol. The zero-order valence-corrected chi connectivity index (χ0v) is 8.27. The topological polar surface area (TPSA) is 75.4 Å². The molecule has 0 spiro atoms. The van der Waals surface area contributed by atoms with Gasteiger partial charge in [0.15, 0.2) is 5.60 Å². The summed E-state index contributed by atoms with van der Waals surface area (Å²) in [7, 11) is 0. The number of rotatable bonds is 4. The minimum absolute atomic E-state index is 0.0718. The first kappa shape index (κ1) is 10.7. The Kier molecular flexibility index (Phi) is 2.90. The maximum absolute atomic E-state index is 10.6. The molecule has 5 heteroatoms. The molecule has 78 valence electrons. The van der Waals surface area contributed by atoms with E-state index in [0.29, 0.717) is 0 Å². The average Bonchev–Trinajstić information content (AvgIpc) is 2.51. The molecule has 0 saturated carbocycles. The van der Waals surface area contributed by atoms with Crippen LogP contribution in [0.5, 0.6) is 0 Å². The molecular formula is C9H14N2O3. The number of aromatic nitrogens is 2. The van der Waals surface area contributed by atoms with Crippen molar-refractivity contribution in [2.45, 2.75) is 32.4 Å². The van der Waals surface area contributed by atoms with Crippen molar-refractivity contribution in [3.8, 4) is 0 Å². The molecule has 0 aliphatic heterocycles. The monoisotopic (exact) mass is 198 g/mol. The summed E-state index contributed by atoms with van der Waals surface area (Å²) in [5.74, 6) is -1.22. The largest absolute Gasteiger partial charge is 0.479 e. The molecule has 14 heavy (non-hydrogen) atoms. The maximum Gasteiger partial charge on any atom is 0.335 e. The zero-order chi connectivity index (χ0) is 10.8. The fraction of sp³-hybridized carbons (Fsp3) is 0.556. The lowest BCUT2D eigenvalue weighted by Gasteiger charge is -2.16. The third kappa shape index (κ3) is 2.32. The van der Waals surface area contributed by atoms with Gasteiger partial charge in [-0.3, -0.25) is 4.68 Å². The molecule has 0 amide bonds. The predicted octanol–water partition coefficient (Wildman–Crippen LogP) is 0.281. The molecule has 1 aromatic heterocycles. The van der Waals surface area contributed by atoms with Crippen molar-refractivity contribution in [2.75, 3.05) is 0 Å². The van der Waals surface area contributed by atoms with Gasteiger partial charge in [0.1, 0.15) is 0 Å². The lowest BCUT2D eigenvalue weighted by atomic mass is 9.99. The molecule has 1 heterocycles. The SMILES string of the molecule is CCn1cc(CC(C)(O)C(=O)O)cn1. The molecule has 1 unspecified atom stereocenters. The van der Waals surface area contributed by atoms with Crippen LogP contribution in [0, 0.1) is 0 Å². The highest BCUT2D eigenvalue weighted by Crippen LogP contribution is 2.12. The summed E-state index contributed by atoms with van der Waals surface area (Å²) < 4.78 is 1.69. The van der Waals surface area contributed by atoms with Gasteiger partial charge in [0.05, 0.1) is 6.20 Å². The van der Waals surface area contributed by atoms with Gasteiger partial charge in [-0.1, -0.05) is 0 Å². The molecule has 0 bridgehead atoms. The summed E-state index contributed by atoms with van der Waals surface area (Å²) in [6.07, 6.45) is 3.38. The number of hydrogen-bond acceptors (Lipinski definition) is 3. The van der Waals surface area contributed by atoms with E-state index in [1.54, 1.807) is 17.1 Å². The molecule has 2 N–H and O–H groups in total. The van der Waals surface area contributed by atoms with Gasteiger partial charge in [0.2, 0.25) is 0 Å². The molecule has 0 radical (unpaired) electrons. The number of carbonyl (C=O) groups is 1. The van der Waals surface area contributed by atoms with E-state index in [0.717, 1.165) is 12.1 Å². The van der Waals surface area contributed by atoms with Crippen LogP contribution in [0.4, 0.5) is 0 Å². The van der Waals surface area contributed by atoms with Crippen LogP contribution in [-0.2, 0) is 17.8 Å². The van der Waals surface area contributed by atoms with Crippen molar-refractivity contribution in [3.63, 3.8) is 0 Å². The van der Waals surface area contributed by atoms with Crippen molar-refractivity contribution in [3.05, 3.63) is 18.0 Å². The number of aliphatic carboxylic acids is 1. The lowest BCUT2D eigenvalue weighted by molar-refractivity contribution is -0.156. The van der Waals surface area contributed by atoms with Crippen molar-refractivity contribution in [1.82, 2.24) is 9.78 Å². The summed E-state index contributed by atoms with van der Waals surface area (Å²) in [5.41, 5.74) is -0.999. The summed E-state index contributed by atoms with van der Waals surface area (Å²) in [6.45, 7) is 3.94. The second-order valence-corrected chi connectivity index (χ2v) is 3.46. The van der Waals surface area contributed by atoms with Crippen LogP contribution >= 0.6 is 0 Å². The van der Waals surface area contributed by atoms with Crippen molar-refractivity contribution >= 4 is 5.97 Å². The number of aryl methyl sites for hydroxylation is 1. The Morgan fingerprint density at radius 2 is 2.36 bits per heavy atom. The molecule has 0 saturated heterocycles. The van der Waals surface area contributed by atoms with E-state index < -0.39 is 11.6 Å². The summed E-state index contributed by atoms with van der Waals surface area (Å²) in [4.78, 5) is 10.6. The Morgan fingerprint density at radius 3 is 2.79 bits per heavy atom. The minimum atomic E-state index is -1.72. The van der Waals surface area contributed by atoms with Crippen LogP contribution in [0.3, 0.4) is 0 Å². The van der Waals surface area contributed by atoms with Crippen LogP contribution in [-0.4, -0.2) is 31.6 Å². The van der Waals surface area contributed by atoms with Gasteiger partial charge in [-0.25, -0.2) is 4.79 Å². The van der Waals surface area contributed by atoms with Gasteiger partial charge in [0.25, 0.3) is 0 Å². The van der Waals surface area contributed by atoms with E-state index in [2.05, 4.69) is 5.10 Å². The Hall–Kier alpha value is -1.36. The van der Waals surface area contributed by atoms with Crippen LogP contribution in [0.2, 0.25) is 0 Å². The van der Waals surface area contributed by atoms with Crippen LogP contribution in [0.25, 0.3) is 0 Å². The standard InChI is InChI=1S/C9H14N2O3/c1-3-11-6-7(5-10-11)4-9(2,14)8(12)13/h5-6,14H,3-4H2,1-2H3,(H,12,13). The van der Waals surface area contributed by atoms with Gasteiger partial charge in [0, 0.05) is 19.2 Å². The summed E-state index contributed by atoms with van der Waals surface area (Å²) in [6, 6.07) is 0. The normalized spacial score (nSPS) is 15.1. The summed E-state index contributed by atoms with van der Waals surface area (Å²) in [5, 5.41) is 22.2. The molecule has 0 aromatic carbocycles. The summed E-state index contributed by atoms with van der Waals surface area (Å²) >= 11 is 0. The third-order valence-corrected chi connectivity index (χ3v) is 2.02. The highest BCUT2D eigenvalue weighted by molar-refractivity contribution is 5.76. The maximum atomic E-state index is 10.6. The smallest absolute Gasteiger partial charge is 0.335 e. The highest BCUT2D eigenvalue weighted by Gasteiger charge is 2.30. The van der Waals surface area contributed by atoms with E-state index in [1.807, 2.05) is 6.92 Å². The Labute approximate surface area is 82.0 Å². The molecule has 0 aliphatic rings. The molecule has 5 nitrogen and oxygen atoms in total. The fourth-order valence-corrected chi connectivity index (χ4v) is 1.14. The Balaban J connectivity index is 2.73. The Bertz CT molecular complexity index is 331. The van der Waals surface area contributed by atoms with E-state index in [9.17, 15) is 9.90 Å². The first-order valence-electron chi connectivity index (χ1n) is 4.43. The van der Waals surface area contributed by atoms with Crippen molar-refractivity contribution in [2.24, 2.45) is 0 Å². The number of carboxylic acid groups (broad SMARTS) is 1. The second kappa shape index (κ2) is 3.79. The third-order valence-electron chi connectivity index (χ3n) is 2.02. The van der Waals surface area contributed by atoms with Gasteiger partial charge >= 0.3 is 5.97 Å². The Morgan fingerprint density at radius 1 is 1.71 bits per heavy atom. The molecule has 1 aromatic rings. The molecule has 0 fully saturated rings. The van der Waals surface area contributed by atoms with Crippen molar-refractivity contribution < 1.29 is 15.0 Å². The predicted molar refractivity (Wildman–Crippen MR) is 49.9 cm³/mol. The van der Waals surface area contributed by atoms with Gasteiger partial charge < -0.3 is 10.2 Å². The lowest BCUT2D eigenvalue weighted by Crippen LogP contribution is -2.37. The van der Waals surface area contributed by atoms with E-state index in [1.165, 1.54) is 6.92 Å². The fourth-order valence-electron chi connectivity index (χ4n) is 1.14. The number of aliphatic hydroxyl groups is 1. The van der Waals surface area contributed by atoms with Crippen molar-refractivity contribution in [1.29, 1.82) is 0 Å². The van der Waals surface area contributed by atoms with E-state index in [4.69, 9.17) is 5.11 Å². The second-order valence-electron chi connectivity index (χ2n) is 3.46. The van der Waals surface area contributed by atoms with Gasteiger partial charge in [-0.2, -0.15) is 5.10 Å². The van der Waals surface area contributed by atoms with Crippen LogP contribution in [0.1, 0.15) is 19.4 Å². The van der Waals surface area contributed by atoms with Gasteiger partial charge in [-0.15, -0.1) is 0 Å². The van der Waals surface area contributed by atoms with E-state index >= 15 is 0 Å². The number of nitrogens with zero attached hydrogens (tertiary/aromatic N) is 2. The molecule has 0 aliphatic carbocycles. The number of carboxylic acids is 1. The quantitative estimate of drug-likeness (QED) is 0.728. The first-order chi connectivity index (χ1) is 6.45. The van der Waals surface area contributed by atoms with E-state index in [-0.39, 0.29) is 6.42 Å². The number of hydrogen-bond donors (Lipinski definition) is 2. The first-order valence-corrected chi connectivity index (χ1v) is 4.43. The minimum Gasteiger partial charge on any atom is -0.479 e. The zero-order valence-electron chi connectivity index (χ0n) is 8.27. The molecule has 1 atom stereocenters. The molecule has 1 rings (SSSR count). The van der Waals surface area contributed by atoms with Crippen LogP contribution < -0.4 is 0 Å². The van der Waals surface area contributed by atoms with Gasteiger partial charge in [-0.05, 0) is 19.4 Å².